The topological polar surface area (TPSA) is 67.5 Å². The van der Waals surface area contributed by atoms with Crippen LogP contribution in [0.2, 0.25) is 0 Å². The smallest absolute Gasteiger partial charge is 0.269 e. The third kappa shape index (κ3) is 2.16. The maximum absolute atomic E-state index is 11.1. The molecule has 1 aromatic rings. The fraction of sp³-hybridized carbons (Fsp3) is 0.471. The second-order valence-electron chi connectivity index (χ2n) is 6.33. The fourth-order valence-corrected chi connectivity index (χ4v) is 4.14. The van der Waals surface area contributed by atoms with E-state index in [-0.39, 0.29) is 16.5 Å². The molecule has 1 fully saturated rings. The Morgan fingerprint density at radius 2 is 2.23 bits per heavy atom. The molecular formula is C17H19N3O2. The third-order valence-corrected chi connectivity index (χ3v) is 5.10. The zero-order valence-corrected chi connectivity index (χ0v) is 12.4. The largest absolute Gasteiger partial charge is 0.313 e. The zero-order valence-electron chi connectivity index (χ0n) is 12.4. The summed E-state index contributed by atoms with van der Waals surface area (Å²) in [5.74, 6) is 0.693. The lowest BCUT2D eigenvalue weighted by Crippen LogP contribution is -2.34. The van der Waals surface area contributed by atoms with Crippen molar-refractivity contribution in [2.24, 2.45) is 10.9 Å². The molecule has 22 heavy (non-hydrogen) atoms. The van der Waals surface area contributed by atoms with E-state index in [0.29, 0.717) is 5.92 Å². The van der Waals surface area contributed by atoms with Crippen molar-refractivity contribution in [2.75, 3.05) is 13.1 Å². The quantitative estimate of drug-likeness (QED) is 0.673. The standard InChI is InChI=1S/C17H19N3O2/c21-20(22)12-4-1-3-11(9-12)17-13-5-2-6-15(13)19-16-7-8-18-10-14(16)17/h1,3-4,9,13,17-18H,2,5-8,10H2. The first-order valence-corrected chi connectivity index (χ1v) is 7.98. The molecule has 0 bridgehead atoms. The maximum atomic E-state index is 11.1. The number of hydrogen-bond acceptors (Lipinski definition) is 4. The van der Waals surface area contributed by atoms with E-state index < -0.39 is 0 Å². The van der Waals surface area contributed by atoms with Crippen LogP contribution < -0.4 is 5.32 Å². The fourth-order valence-electron chi connectivity index (χ4n) is 4.14. The number of fused-ring (bicyclic) bond motifs is 1. The summed E-state index contributed by atoms with van der Waals surface area (Å²) in [5.41, 5.74) is 5.15. The average molecular weight is 297 g/mol. The monoisotopic (exact) mass is 297 g/mol. The van der Waals surface area contributed by atoms with Crippen molar-refractivity contribution in [3.8, 4) is 0 Å². The number of non-ortho nitro benzene ring substituents is 1. The van der Waals surface area contributed by atoms with Crippen LogP contribution in [0.25, 0.3) is 0 Å². The number of nitrogens with zero attached hydrogens (tertiary/aromatic N) is 2. The van der Waals surface area contributed by atoms with Gasteiger partial charge in [0.15, 0.2) is 0 Å². The van der Waals surface area contributed by atoms with E-state index in [9.17, 15) is 10.1 Å². The summed E-state index contributed by atoms with van der Waals surface area (Å²) in [7, 11) is 0. The van der Waals surface area contributed by atoms with Crippen LogP contribution in [0, 0.1) is 16.0 Å². The molecule has 1 aromatic carbocycles. The highest BCUT2D eigenvalue weighted by molar-refractivity contribution is 5.92. The van der Waals surface area contributed by atoms with Crippen molar-refractivity contribution < 1.29 is 4.92 Å². The lowest BCUT2D eigenvalue weighted by atomic mass is 9.75. The van der Waals surface area contributed by atoms with E-state index in [2.05, 4.69) is 5.32 Å². The summed E-state index contributed by atoms with van der Waals surface area (Å²) in [6, 6.07) is 7.18. The lowest BCUT2D eigenvalue weighted by molar-refractivity contribution is -0.384. The Hall–Kier alpha value is -2.01. The van der Waals surface area contributed by atoms with Gasteiger partial charge in [0.1, 0.15) is 0 Å². The first-order valence-electron chi connectivity index (χ1n) is 7.98. The summed E-state index contributed by atoms with van der Waals surface area (Å²) < 4.78 is 0. The van der Waals surface area contributed by atoms with Gasteiger partial charge in [-0.25, -0.2) is 0 Å². The summed E-state index contributed by atoms with van der Waals surface area (Å²) in [6.45, 7) is 1.83. The van der Waals surface area contributed by atoms with Gasteiger partial charge in [-0.15, -0.1) is 0 Å². The molecule has 5 nitrogen and oxygen atoms in total. The van der Waals surface area contributed by atoms with Gasteiger partial charge in [-0.05, 0) is 30.4 Å². The summed E-state index contributed by atoms with van der Waals surface area (Å²) in [6.07, 6.45) is 4.38. The average Bonchev–Trinajstić information content (AvgIpc) is 3.00. The van der Waals surface area contributed by atoms with Gasteiger partial charge in [-0.1, -0.05) is 12.1 Å². The van der Waals surface area contributed by atoms with Crippen molar-refractivity contribution in [3.05, 3.63) is 51.2 Å². The Labute approximate surface area is 129 Å². The molecule has 0 amide bonds. The highest BCUT2D eigenvalue weighted by Crippen LogP contribution is 2.46. The molecular weight excluding hydrogens is 278 g/mol. The maximum Gasteiger partial charge on any atom is 0.269 e. The number of rotatable bonds is 2. The van der Waals surface area contributed by atoms with Crippen LogP contribution in [0.4, 0.5) is 5.69 Å². The molecule has 2 unspecified atom stereocenters. The van der Waals surface area contributed by atoms with Gasteiger partial charge in [-0.2, -0.15) is 0 Å². The van der Waals surface area contributed by atoms with Gasteiger partial charge in [0.05, 0.1) is 4.92 Å². The van der Waals surface area contributed by atoms with Crippen molar-refractivity contribution in [3.63, 3.8) is 0 Å². The van der Waals surface area contributed by atoms with Crippen LogP contribution in [0.1, 0.15) is 37.2 Å². The van der Waals surface area contributed by atoms with Crippen LogP contribution in [0.5, 0.6) is 0 Å². The number of benzene rings is 1. The van der Waals surface area contributed by atoms with Gasteiger partial charge in [0, 0.05) is 54.9 Å². The minimum absolute atomic E-state index is 0.186. The van der Waals surface area contributed by atoms with Crippen molar-refractivity contribution >= 4 is 11.4 Å². The van der Waals surface area contributed by atoms with Gasteiger partial charge in [0.25, 0.3) is 5.69 Å². The van der Waals surface area contributed by atoms with Crippen LogP contribution in [0.15, 0.2) is 40.5 Å². The number of aliphatic imine (C=N–C) groups is 1. The number of nitro groups is 1. The molecule has 0 spiro atoms. The highest BCUT2D eigenvalue weighted by atomic mass is 16.6. The van der Waals surface area contributed by atoms with E-state index in [0.717, 1.165) is 37.9 Å². The molecule has 0 radical (unpaired) electrons. The molecule has 114 valence electrons. The number of hydrogen-bond donors (Lipinski definition) is 1. The first-order chi connectivity index (χ1) is 10.7. The molecule has 1 aliphatic carbocycles. The number of nitrogens with one attached hydrogen (secondary N) is 1. The van der Waals surface area contributed by atoms with Crippen LogP contribution in [0.3, 0.4) is 0 Å². The van der Waals surface area contributed by atoms with Gasteiger partial charge < -0.3 is 5.32 Å². The van der Waals surface area contributed by atoms with Gasteiger partial charge in [0.2, 0.25) is 0 Å². The SMILES string of the molecule is O=[N+]([O-])c1cccc(C2C3=C(CCNC3)N=C3CCCC32)c1. The van der Waals surface area contributed by atoms with Crippen LogP contribution in [-0.2, 0) is 0 Å². The van der Waals surface area contributed by atoms with Gasteiger partial charge in [-0.3, -0.25) is 15.1 Å². The molecule has 2 aliphatic heterocycles. The summed E-state index contributed by atoms with van der Waals surface area (Å²) in [5, 5.41) is 14.5. The molecule has 3 aliphatic rings. The van der Waals surface area contributed by atoms with Crippen molar-refractivity contribution in [1.82, 2.24) is 5.32 Å². The summed E-state index contributed by atoms with van der Waals surface area (Å²) >= 11 is 0. The molecule has 0 saturated heterocycles. The van der Waals surface area contributed by atoms with E-state index >= 15 is 0 Å². The van der Waals surface area contributed by atoms with E-state index in [1.54, 1.807) is 12.1 Å². The Kier molecular flexibility index (Phi) is 3.30. The molecule has 2 atom stereocenters. The second kappa shape index (κ2) is 5.32. The highest BCUT2D eigenvalue weighted by Gasteiger charge is 2.39. The second-order valence-corrected chi connectivity index (χ2v) is 6.33. The minimum atomic E-state index is -0.301. The molecule has 1 saturated carbocycles. The summed E-state index contributed by atoms with van der Waals surface area (Å²) in [4.78, 5) is 15.7. The predicted octanol–water partition coefficient (Wildman–Crippen LogP) is 3.18. The molecule has 1 N–H and O–H groups in total. The van der Waals surface area contributed by atoms with E-state index in [4.69, 9.17) is 4.99 Å². The Morgan fingerprint density at radius 1 is 1.32 bits per heavy atom. The van der Waals surface area contributed by atoms with Crippen LogP contribution in [-0.4, -0.2) is 23.7 Å². The van der Waals surface area contributed by atoms with E-state index in [1.165, 1.54) is 23.4 Å². The predicted molar refractivity (Wildman–Crippen MR) is 85.1 cm³/mol. The van der Waals surface area contributed by atoms with E-state index in [1.807, 2.05) is 12.1 Å². The van der Waals surface area contributed by atoms with Crippen molar-refractivity contribution in [2.45, 2.75) is 31.6 Å². The van der Waals surface area contributed by atoms with Crippen LogP contribution >= 0.6 is 0 Å². The Morgan fingerprint density at radius 3 is 3.09 bits per heavy atom. The lowest BCUT2D eigenvalue weighted by Gasteiger charge is -2.35. The molecule has 2 heterocycles. The molecule has 5 heteroatoms. The van der Waals surface area contributed by atoms with Gasteiger partial charge >= 0.3 is 0 Å². The first kappa shape index (κ1) is 13.6. The Balaban J connectivity index is 1.81. The zero-order chi connectivity index (χ0) is 15.1. The molecule has 4 rings (SSSR count). The molecule has 0 aromatic heterocycles. The Bertz CT molecular complexity index is 693. The number of nitro benzene ring substituents is 1. The third-order valence-electron chi connectivity index (χ3n) is 5.10. The minimum Gasteiger partial charge on any atom is -0.313 e. The normalized spacial score (nSPS) is 27.2. The van der Waals surface area contributed by atoms with Crippen molar-refractivity contribution in [1.29, 1.82) is 0 Å².